The summed E-state index contributed by atoms with van der Waals surface area (Å²) in [5.41, 5.74) is 5.86. The zero-order valence-electron chi connectivity index (χ0n) is 42.8. The van der Waals surface area contributed by atoms with Gasteiger partial charge in [-0.15, -0.1) is 0 Å². The van der Waals surface area contributed by atoms with Crippen LogP contribution < -0.4 is 26.6 Å². The number of methoxy groups -OCH3 is 1. The number of benzene rings is 6. The first-order valence-electron chi connectivity index (χ1n) is 23.9. The second kappa shape index (κ2) is 31.1. The minimum absolute atomic E-state index is 0.0445. The molecule has 0 unspecified atom stereocenters. The molecular weight excluding hydrogens is 1070 g/mol. The summed E-state index contributed by atoms with van der Waals surface area (Å²) in [4.78, 5) is 50.2. The van der Waals surface area contributed by atoms with E-state index in [1.165, 1.54) is 100 Å². The minimum Gasteiger partial charge on any atom is -0.497 e. The van der Waals surface area contributed by atoms with Crippen LogP contribution in [0.25, 0.3) is 16.5 Å². The van der Waals surface area contributed by atoms with Crippen molar-refractivity contribution in [1.82, 2.24) is 14.8 Å². The Morgan fingerprint density at radius 3 is 1.73 bits per heavy atom. The highest BCUT2D eigenvalue weighted by atomic mass is 79.9. The number of nitro groups is 2. The second-order valence-electron chi connectivity index (χ2n) is 17.0. The number of hydrogen-bond acceptors (Lipinski definition) is 16. The van der Waals surface area contributed by atoms with E-state index in [-0.39, 0.29) is 45.2 Å². The molecule has 0 fully saturated rings. The van der Waals surface area contributed by atoms with Crippen molar-refractivity contribution < 1.29 is 69.5 Å². The molecule has 1 radical (unpaired) electrons. The van der Waals surface area contributed by atoms with Crippen molar-refractivity contribution in [3.05, 3.63) is 199 Å². The predicted octanol–water partition coefficient (Wildman–Crippen LogP) is 2.14. The van der Waals surface area contributed by atoms with E-state index < -0.39 is 44.3 Å². The van der Waals surface area contributed by atoms with Gasteiger partial charge in [-0.1, -0.05) is 101 Å². The predicted molar refractivity (Wildman–Crippen MR) is 303 cm³/mol. The lowest BCUT2D eigenvalue weighted by molar-refractivity contribution is -0.384. The molecule has 26 heteroatoms. The molecule has 0 saturated heterocycles. The smallest absolute Gasteiger partial charge is 0.495 e. The standard InChI is InChI=1S/C20H25N3O.C7H7BO4.C7H9BO3.2C6H6BNO4.C6H4Br/c1-4-23(5-2)20(24)14-9-16-15-7-6-8-17-19(15)13(11-21-17)10-18(16)22(3)12-14;9-7(10)5-1-3-6(4-2-5)8(11)12;1-11-7-4-2-6(3-5-7)8(9)10;9-7(10)5-1-3-6(4-2-5)8(11)12;9-7(10)5-3-1-2-4-6(5)8(11)12;7-6-4-2-1-3-5-6/h6-9,11,14,18,21H,4-5,10,12H2,1-3H3;1-4,11-12H,(H,9,10);2-5,9-10H,1H3;2*1-4,9-10H;2-5H/t14-,18-;;;;;/m1...../s1. The molecule has 1 amide bonds. The van der Waals surface area contributed by atoms with Crippen molar-refractivity contribution in [3.63, 3.8) is 0 Å². The summed E-state index contributed by atoms with van der Waals surface area (Å²) in [6.45, 7) is 6.47. The van der Waals surface area contributed by atoms with Crippen LogP contribution in [-0.2, 0) is 11.2 Å². The average molecular weight is 1130 g/mol. The van der Waals surface area contributed by atoms with Gasteiger partial charge in [0.05, 0.1) is 33.9 Å². The molecular formula is C52H57B4BrN5O16. The molecule has 1 aromatic heterocycles. The molecule has 1 aliphatic heterocycles. The number of aromatic nitrogens is 1. The molecule has 2 heterocycles. The van der Waals surface area contributed by atoms with E-state index in [0.717, 1.165) is 30.5 Å². The number of nitrogens with one attached hydrogen (secondary N) is 1. The van der Waals surface area contributed by atoms with Crippen molar-refractivity contribution in [3.8, 4) is 5.75 Å². The van der Waals surface area contributed by atoms with E-state index in [4.69, 9.17) is 50.0 Å². The third-order valence-electron chi connectivity index (χ3n) is 12.0. The normalized spacial score (nSPS) is 13.6. The number of nitro benzene ring substituents is 2. The van der Waals surface area contributed by atoms with E-state index in [1.54, 1.807) is 31.4 Å². The van der Waals surface area contributed by atoms with Gasteiger partial charge < -0.3 is 59.9 Å². The Morgan fingerprint density at radius 2 is 1.28 bits per heavy atom. The molecule has 6 aromatic carbocycles. The lowest BCUT2D eigenvalue weighted by Crippen LogP contribution is -2.47. The number of nitrogens with zero attached hydrogens (tertiary/aromatic N) is 4. The number of aromatic carboxylic acids is 1. The lowest BCUT2D eigenvalue weighted by atomic mass is 9.79. The summed E-state index contributed by atoms with van der Waals surface area (Å²) in [6, 6.07) is 39.7. The van der Waals surface area contributed by atoms with Crippen LogP contribution in [0.4, 0.5) is 11.4 Å². The number of carboxylic acids is 1. The molecule has 78 heavy (non-hydrogen) atoms. The molecule has 7 aromatic rings. The monoisotopic (exact) mass is 1130 g/mol. The van der Waals surface area contributed by atoms with Crippen LogP contribution in [0, 0.1) is 32.2 Å². The molecule has 0 bridgehead atoms. The Balaban J connectivity index is 0.000000212. The fraction of sp³-hybridized carbons (Fsp3) is 0.192. The molecule has 9 rings (SSSR count). The molecule has 405 valence electrons. The first kappa shape index (κ1) is 63.1. The van der Waals surface area contributed by atoms with Crippen molar-refractivity contribution in [2.24, 2.45) is 5.92 Å². The number of fused-ring (bicyclic) bond motifs is 2. The van der Waals surface area contributed by atoms with Crippen LogP contribution in [-0.4, -0.2) is 150 Å². The molecule has 2 aliphatic rings. The number of aromatic amines is 1. The number of carbonyl (C=O) groups is 2. The number of H-pyrrole nitrogens is 1. The number of carbonyl (C=O) groups excluding carboxylic acids is 1. The highest BCUT2D eigenvalue weighted by Crippen LogP contribution is 2.41. The minimum atomic E-state index is -1.80. The first-order valence-corrected chi connectivity index (χ1v) is 24.7. The van der Waals surface area contributed by atoms with E-state index in [9.17, 15) is 29.8 Å². The maximum Gasteiger partial charge on any atom is 0.495 e. The largest absolute Gasteiger partial charge is 0.497 e. The Hall–Kier alpha value is -7.48. The van der Waals surface area contributed by atoms with Crippen LogP contribution in [0.2, 0.25) is 0 Å². The van der Waals surface area contributed by atoms with Gasteiger partial charge in [0.1, 0.15) is 5.75 Å². The van der Waals surface area contributed by atoms with Gasteiger partial charge in [0, 0.05) is 65.4 Å². The summed E-state index contributed by atoms with van der Waals surface area (Å²) in [5, 5.41) is 99.7. The fourth-order valence-corrected chi connectivity index (χ4v) is 8.22. The van der Waals surface area contributed by atoms with Gasteiger partial charge in [-0.2, -0.15) is 0 Å². The Morgan fingerprint density at radius 1 is 0.744 bits per heavy atom. The third-order valence-corrected chi connectivity index (χ3v) is 12.6. The van der Waals surface area contributed by atoms with Gasteiger partial charge >= 0.3 is 34.4 Å². The molecule has 2 atom stereocenters. The number of ether oxygens (including phenoxy) is 1. The van der Waals surface area contributed by atoms with Crippen LogP contribution >= 0.6 is 15.9 Å². The summed E-state index contributed by atoms with van der Waals surface area (Å²) in [6.07, 6.45) is 5.41. The lowest BCUT2D eigenvalue weighted by Gasteiger charge is -2.40. The second-order valence-corrected chi connectivity index (χ2v) is 17.9. The van der Waals surface area contributed by atoms with E-state index in [1.807, 2.05) is 29.2 Å². The maximum atomic E-state index is 12.9. The fourth-order valence-electron chi connectivity index (χ4n) is 7.96. The van der Waals surface area contributed by atoms with E-state index in [2.05, 4.69) is 83.2 Å². The summed E-state index contributed by atoms with van der Waals surface area (Å²) < 4.78 is 5.99. The van der Waals surface area contributed by atoms with Crippen molar-refractivity contribution >= 4 is 106 Å². The highest BCUT2D eigenvalue weighted by Gasteiger charge is 2.36. The summed E-state index contributed by atoms with van der Waals surface area (Å²) in [7, 11) is -2.62. The zero-order valence-corrected chi connectivity index (χ0v) is 44.4. The van der Waals surface area contributed by atoms with Gasteiger partial charge in [-0.05, 0) is 109 Å². The van der Waals surface area contributed by atoms with Gasteiger partial charge in [0.25, 0.3) is 11.4 Å². The van der Waals surface area contributed by atoms with Gasteiger partial charge in [0.2, 0.25) is 5.91 Å². The maximum absolute atomic E-state index is 12.9. The molecule has 1 aliphatic carbocycles. The number of amides is 1. The van der Waals surface area contributed by atoms with Gasteiger partial charge in [-0.25, -0.2) is 4.79 Å². The van der Waals surface area contributed by atoms with Crippen molar-refractivity contribution in [2.45, 2.75) is 26.3 Å². The molecule has 0 spiro atoms. The third kappa shape index (κ3) is 18.3. The zero-order chi connectivity index (χ0) is 57.6. The Bertz CT molecular complexity index is 3000. The average Bonchev–Trinajstić information content (AvgIpc) is 3.93. The number of carboxylic acid groups (broad SMARTS) is 1. The van der Waals surface area contributed by atoms with Crippen LogP contribution in [0.15, 0.2) is 156 Å². The Kier molecular flexibility index (Phi) is 25.1. The highest BCUT2D eigenvalue weighted by molar-refractivity contribution is 9.10. The van der Waals surface area contributed by atoms with E-state index in [0.29, 0.717) is 17.3 Å². The number of non-ortho nitro benzene ring substituents is 1. The molecule has 21 nitrogen and oxygen atoms in total. The topological polar surface area (TPSA) is 334 Å². The first-order chi connectivity index (χ1) is 37.1. The number of likely N-dealkylation sites (N-methyl/N-ethyl adjacent to an activating group) is 1. The molecule has 0 saturated carbocycles. The van der Waals surface area contributed by atoms with Gasteiger partial charge in [0.15, 0.2) is 0 Å². The van der Waals surface area contributed by atoms with Crippen molar-refractivity contribution in [1.29, 1.82) is 0 Å². The van der Waals surface area contributed by atoms with Crippen LogP contribution in [0.5, 0.6) is 5.75 Å². The summed E-state index contributed by atoms with van der Waals surface area (Å²) in [5.74, 6) is -0.120. The number of halogens is 1. The van der Waals surface area contributed by atoms with Crippen LogP contribution in [0.1, 0.15) is 35.3 Å². The number of para-hydroxylation sites is 1. The number of rotatable bonds is 11. The molecule has 10 N–H and O–H groups in total. The SMILES string of the molecule is Brc1cc[c]cc1.CCN(CC)C(=O)[C@@H]1C=C2c3cccc4[nH]cc(c34)C[C@H]2N(C)C1.COc1ccc(B(O)O)cc1.O=C(O)c1ccc(B(O)O)cc1.O=[N+]([O-])c1ccc(B(O)O)cc1.O=[N+]([O-])c1ccccc1B(O)O. The van der Waals surface area contributed by atoms with Crippen molar-refractivity contribution in [2.75, 3.05) is 33.8 Å². The van der Waals surface area contributed by atoms with Gasteiger partial charge in [-0.3, -0.25) is 29.9 Å². The summed E-state index contributed by atoms with van der Waals surface area (Å²) >= 11 is 3.29. The number of hydrogen-bond donors (Lipinski definition) is 10. The quantitative estimate of drug-likeness (QED) is 0.0504. The van der Waals surface area contributed by atoms with E-state index >= 15 is 0 Å². The van der Waals surface area contributed by atoms with Crippen LogP contribution in [0.3, 0.4) is 0 Å². The Labute approximate surface area is 459 Å².